The summed E-state index contributed by atoms with van der Waals surface area (Å²) >= 11 is 0. The van der Waals surface area contributed by atoms with Gasteiger partial charge in [0.2, 0.25) is 9.05 Å². The molecule has 0 spiro atoms. The predicted molar refractivity (Wildman–Crippen MR) is 47.8 cm³/mol. The molecule has 5 heteroatoms. The molecule has 0 radical (unpaired) electrons. The summed E-state index contributed by atoms with van der Waals surface area (Å²) in [6.45, 7) is 0.757. The van der Waals surface area contributed by atoms with Crippen molar-refractivity contribution >= 4 is 19.7 Å². The van der Waals surface area contributed by atoms with E-state index in [1.54, 1.807) is 0 Å². The lowest BCUT2D eigenvalue weighted by Gasteiger charge is -2.21. The molecule has 1 saturated heterocycles. The van der Waals surface area contributed by atoms with Crippen molar-refractivity contribution in [3.8, 4) is 0 Å². The third-order valence-electron chi connectivity index (χ3n) is 1.96. The summed E-state index contributed by atoms with van der Waals surface area (Å²) in [5, 5.41) is 0. The number of ether oxygens (including phenoxy) is 1. The first kappa shape index (κ1) is 10.3. The van der Waals surface area contributed by atoms with Gasteiger partial charge in [0.05, 0.1) is 11.9 Å². The first-order valence-corrected chi connectivity index (χ1v) is 6.60. The highest BCUT2D eigenvalue weighted by atomic mass is 35.7. The minimum atomic E-state index is -3.33. The molecule has 1 aliphatic heterocycles. The number of rotatable bonds is 3. The Morgan fingerprint density at radius 1 is 1.42 bits per heavy atom. The Morgan fingerprint density at radius 3 is 2.67 bits per heavy atom. The van der Waals surface area contributed by atoms with Crippen molar-refractivity contribution < 1.29 is 13.2 Å². The predicted octanol–water partition coefficient (Wildman–Crippen LogP) is 1.51. The van der Waals surface area contributed by atoms with Crippen LogP contribution in [0.3, 0.4) is 0 Å². The van der Waals surface area contributed by atoms with Crippen LogP contribution < -0.4 is 0 Å². The summed E-state index contributed by atoms with van der Waals surface area (Å²) in [6, 6.07) is 0. The van der Waals surface area contributed by atoms with E-state index in [1.807, 2.05) is 0 Å². The minimum absolute atomic E-state index is 0.0270. The Kier molecular flexibility index (Phi) is 3.80. The molecule has 1 atom stereocenters. The van der Waals surface area contributed by atoms with Gasteiger partial charge in [0.15, 0.2) is 0 Å². The van der Waals surface area contributed by atoms with Gasteiger partial charge in [0.25, 0.3) is 0 Å². The van der Waals surface area contributed by atoms with Gasteiger partial charge >= 0.3 is 0 Å². The van der Waals surface area contributed by atoms with E-state index in [0.29, 0.717) is 6.42 Å². The molecule has 0 aromatic heterocycles. The van der Waals surface area contributed by atoms with Crippen LogP contribution in [0.4, 0.5) is 0 Å². The highest BCUT2D eigenvalue weighted by molar-refractivity contribution is 8.13. The van der Waals surface area contributed by atoms with Crippen LogP contribution >= 0.6 is 10.7 Å². The van der Waals surface area contributed by atoms with E-state index in [-0.39, 0.29) is 11.9 Å². The zero-order valence-electron chi connectivity index (χ0n) is 6.83. The molecule has 0 aromatic rings. The van der Waals surface area contributed by atoms with Crippen LogP contribution in [0.5, 0.6) is 0 Å². The first-order valence-electron chi connectivity index (χ1n) is 4.12. The van der Waals surface area contributed by atoms with Crippen molar-refractivity contribution in [2.24, 2.45) is 0 Å². The topological polar surface area (TPSA) is 43.4 Å². The third kappa shape index (κ3) is 4.28. The lowest BCUT2D eigenvalue weighted by atomic mass is 10.1. The van der Waals surface area contributed by atoms with Gasteiger partial charge in [-0.15, -0.1) is 0 Å². The number of hydrogen-bond acceptors (Lipinski definition) is 3. The summed E-state index contributed by atoms with van der Waals surface area (Å²) in [5.74, 6) is 0.0270. The monoisotopic (exact) mass is 212 g/mol. The summed E-state index contributed by atoms with van der Waals surface area (Å²) < 4.78 is 26.5. The average molecular weight is 213 g/mol. The molecule has 1 fully saturated rings. The van der Waals surface area contributed by atoms with E-state index in [0.717, 1.165) is 25.9 Å². The zero-order chi connectivity index (χ0) is 9.03. The van der Waals surface area contributed by atoms with Gasteiger partial charge < -0.3 is 4.74 Å². The van der Waals surface area contributed by atoms with Crippen LogP contribution in [0.2, 0.25) is 0 Å². The normalized spacial score (nSPS) is 25.6. The molecule has 0 saturated carbocycles. The van der Waals surface area contributed by atoms with Gasteiger partial charge in [-0.3, -0.25) is 0 Å². The highest BCUT2D eigenvalue weighted by Gasteiger charge is 2.16. The largest absolute Gasteiger partial charge is 0.378 e. The maximum Gasteiger partial charge on any atom is 0.232 e. The van der Waals surface area contributed by atoms with Gasteiger partial charge in [-0.1, -0.05) is 0 Å². The van der Waals surface area contributed by atoms with Crippen LogP contribution in [0, 0.1) is 0 Å². The fraction of sp³-hybridized carbons (Fsp3) is 1.00. The molecular weight excluding hydrogens is 200 g/mol. The van der Waals surface area contributed by atoms with E-state index in [4.69, 9.17) is 15.4 Å². The SMILES string of the molecule is O=S(=O)(Cl)CCC1CCCCO1. The second kappa shape index (κ2) is 4.44. The summed E-state index contributed by atoms with van der Waals surface area (Å²) in [7, 11) is 1.74. The molecule has 0 amide bonds. The Labute approximate surface area is 77.5 Å². The Hall–Kier alpha value is 0.200. The van der Waals surface area contributed by atoms with Gasteiger partial charge in [0, 0.05) is 17.3 Å². The van der Waals surface area contributed by atoms with Crippen LogP contribution in [0.15, 0.2) is 0 Å². The smallest absolute Gasteiger partial charge is 0.232 e. The number of halogens is 1. The van der Waals surface area contributed by atoms with Crippen LogP contribution in [0.25, 0.3) is 0 Å². The molecule has 1 rings (SSSR count). The molecule has 72 valence electrons. The molecule has 0 N–H and O–H groups in total. The first-order chi connectivity index (χ1) is 5.58. The highest BCUT2D eigenvalue weighted by Crippen LogP contribution is 2.16. The quantitative estimate of drug-likeness (QED) is 0.667. The Bertz CT molecular complexity index is 219. The second-order valence-corrected chi connectivity index (χ2v) is 5.92. The van der Waals surface area contributed by atoms with Crippen molar-refractivity contribution in [3.05, 3.63) is 0 Å². The third-order valence-corrected chi connectivity index (χ3v) is 3.14. The molecule has 12 heavy (non-hydrogen) atoms. The fourth-order valence-electron chi connectivity index (χ4n) is 1.31. The lowest BCUT2D eigenvalue weighted by molar-refractivity contribution is 0.0148. The van der Waals surface area contributed by atoms with Crippen molar-refractivity contribution in [1.82, 2.24) is 0 Å². The molecule has 1 aliphatic rings. The lowest BCUT2D eigenvalue weighted by Crippen LogP contribution is -2.21. The van der Waals surface area contributed by atoms with Gasteiger partial charge in [0.1, 0.15) is 0 Å². The van der Waals surface area contributed by atoms with Crippen LogP contribution in [0.1, 0.15) is 25.7 Å². The summed E-state index contributed by atoms with van der Waals surface area (Å²) in [4.78, 5) is 0. The Balaban J connectivity index is 2.22. The molecule has 0 aromatic carbocycles. The number of hydrogen-bond donors (Lipinski definition) is 0. The van der Waals surface area contributed by atoms with Crippen molar-refractivity contribution in [2.45, 2.75) is 31.8 Å². The Morgan fingerprint density at radius 2 is 2.17 bits per heavy atom. The van der Waals surface area contributed by atoms with E-state index in [1.165, 1.54) is 0 Å². The molecule has 0 aliphatic carbocycles. The second-order valence-electron chi connectivity index (χ2n) is 3.02. The zero-order valence-corrected chi connectivity index (χ0v) is 8.40. The van der Waals surface area contributed by atoms with Crippen molar-refractivity contribution in [3.63, 3.8) is 0 Å². The fourth-order valence-corrected chi connectivity index (χ4v) is 2.12. The van der Waals surface area contributed by atoms with E-state index >= 15 is 0 Å². The van der Waals surface area contributed by atoms with E-state index in [9.17, 15) is 8.42 Å². The molecule has 1 heterocycles. The van der Waals surface area contributed by atoms with E-state index in [2.05, 4.69) is 0 Å². The molecule has 0 bridgehead atoms. The van der Waals surface area contributed by atoms with Gasteiger partial charge in [-0.2, -0.15) is 0 Å². The average Bonchev–Trinajstić information content (AvgIpc) is 2.02. The van der Waals surface area contributed by atoms with E-state index < -0.39 is 9.05 Å². The molecular formula is C7H13ClO3S. The van der Waals surface area contributed by atoms with Crippen LogP contribution in [-0.4, -0.2) is 26.9 Å². The summed E-state index contributed by atoms with van der Waals surface area (Å²) in [6.07, 6.45) is 3.82. The van der Waals surface area contributed by atoms with Crippen LogP contribution in [-0.2, 0) is 13.8 Å². The summed E-state index contributed by atoms with van der Waals surface area (Å²) in [5.41, 5.74) is 0. The standard InChI is InChI=1S/C7H13ClO3S/c8-12(9,10)6-4-7-3-1-2-5-11-7/h7H,1-6H2. The van der Waals surface area contributed by atoms with Crippen molar-refractivity contribution in [2.75, 3.05) is 12.4 Å². The van der Waals surface area contributed by atoms with Gasteiger partial charge in [-0.05, 0) is 25.7 Å². The molecule has 1 unspecified atom stereocenters. The van der Waals surface area contributed by atoms with Gasteiger partial charge in [-0.25, -0.2) is 8.42 Å². The minimum Gasteiger partial charge on any atom is -0.378 e. The molecule has 3 nitrogen and oxygen atoms in total. The van der Waals surface area contributed by atoms with Crippen molar-refractivity contribution in [1.29, 1.82) is 0 Å². The maximum absolute atomic E-state index is 10.6. The maximum atomic E-state index is 10.6.